The lowest BCUT2D eigenvalue weighted by atomic mass is 10.3. The zero-order valence-electron chi connectivity index (χ0n) is 8.93. The summed E-state index contributed by atoms with van der Waals surface area (Å²) in [6, 6.07) is 1.86. The first-order chi connectivity index (χ1) is 7.47. The molecule has 0 radical (unpaired) electrons. The summed E-state index contributed by atoms with van der Waals surface area (Å²) in [6.45, 7) is 1.74. The van der Waals surface area contributed by atoms with E-state index in [-0.39, 0.29) is 25.1 Å². The molecule has 0 aromatic heterocycles. The minimum Gasteiger partial charge on any atom is -0.481 e. The van der Waals surface area contributed by atoms with Crippen molar-refractivity contribution in [2.24, 2.45) is 0 Å². The van der Waals surface area contributed by atoms with E-state index in [2.05, 4.69) is 5.32 Å². The lowest BCUT2D eigenvalue weighted by Gasteiger charge is -2.08. The summed E-state index contributed by atoms with van der Waals surface area (Å²) in [5.41, 5.74) is 0. The van der Waals surface area contributed by atoms with Crippen molar-refractivity contribution >= 4 is 22.7 Å². The monoisotopic (exact) mass is 246 g/mol. The van der Waals surface area contributed by atoms with Gasteiger partial charge in [-0.25, -0.2) is 0 Å². The minimum atomic E-state index is -1.50. The summed E-state index contributed by atoms with van der Waals surface area (Å²) < 4.78 is 11.4. The number of carboxylic acid groups (broad SMARTS) is 1. The van der Waals surface area contributed by atoms with Crippen LogP contribution < -0.4 is 5.32 Å². The number of nitrogens with one attached hydrogen (secondary N) is 1. The third-order valence-corrected chi connectivity index (χ3v) is 3.35. The molecule has 0 heterocycles. The van der Waals surface area contributed by atoms with E-state index in [0.29, 0.717) is 0 Å². The van der Waals surface area contributed by atoms with E-state index in [0.717, 1.165) is 0 Å². The fourth-order valence-corrected chi connectivity index (χ4v) is 1.89. The van der Waals surface area contributed by atoms with Gasteiger partial charge in [-0.2, -0.15) is 5.26 Å². The number of nitriles is 1. The van der Waals surface area contributed by atoms with Crippen LogP contribution in [0.1, 0.15) is 19.8 Å². The number of carbonyl (C=O) groups excluding carboxylic acids is 1. The van der Waals surface area contributed by atoms with E-state index in [4.69, 9.17) is 10.4 Å². The van der Waals surface area contributed by atoms with Gasteiger partial charge in [-0.1, -0.05) is 6.92 Å². The molecule has 0 spiro atoms. The smallest absolute Gasteiger partial charge is 0.304 e. The summed E-state index contributed by atoms with van der Waals surface area (Å²) in [5.74, 6) is -1.68. The minimum absolute atomic E-state index is 0.197. The molecule has 0 saturated carbocycles. The fraction of sp³-hybridized carbons (Fsp3) is 0.667. The molecule has 0 aromatic rings. The maximum atomic E-state index is 11.4. The Balaban J connectivity index is 3.90. The molecular formula is C9H14N2O4S. The SMILES string of the molecule is CC(CC(=O)O)S(=O)CC(=O)NCCC#N. The van der Waals surface area contributed by atoms with Crippen LogP contribution in [0.3, 0.4) is 0 Å². The number of nitrogens with zero attached hydrogens (tertiary/aromatic N) is 1. The van der Waals surface area contributed by atoms with Crippen LogP contribution in [0.25, 0.3) is 0 Å². The van der Waals surface area contributed by atoms with Crippen LogP contribution in [0.5, 0.6) is 0 Å². The number of hydrogen-bond acceptors (Lipinski definition) is 4. The molecule has 1 amide bonds. The number of hydrogen-bond donors (Lipinski definition) is 2. The first-order valence-electron chi connectivity index (χ1n) is 4.70. The van der Waals surface area contributed by atoms with Crippen LogP contribution in [0.15, 0.2) is 0 Å². The van der Waals surface area contributed by atoms with Crippen LogP contribution in [-0.2, 0) is 20.4 Å². The highest BCUT2D eigenvalue weighted by atomic mass is 32.2. The van der Waals surface area contributed by atoms with E-state index in [1.807, 2.05) is 6.07 Å². The van der Waals surface area contributed by atoms with Gasteiger partial charge in [0.15, 0.2) is 0 Å². The third-order valence-electron chi connectivity index (χ3n) is 1.74. The molecule has 6 nitrogen and oxygen atoms in total. The van der Waals surface area contributed by atoms with E-state index in [1.165, 1.54) is 6.92 Å². The molecule has 0 aliphatic carbocycles. The maximum Gasteiger partial charge on any atom is 0.304 e. The van der Waals surface area contributed by atoms with E-state index < -0.39 is 27.9 Å². The van der Waals surface area contributed by atoms with Crippen molar-refractivity contribution in [1.29, 1.82) is 5.26 Å². The first-order valence-corrected chi connectivity index (χ1v) is 6.08. The van der Waals surface area contributed by atoms with Crippen molar-refractivity contribution in [2.45, 2.75) is 25.0 Å². The highest BCUT2D eigenvalue weighted by Gasteiger charge is 2.17. The second-order valence-electron chi connectivity index (χ2n) is 3.19. The van der Waals surface area contributed by atoms with Crippen molar-refractivity contribution < 1.29 is 18.9 Å². The molecule has 2 unspecified atom stereocenters. The van der Waals surface area contributed by atoms with Crippen LogP contribution in [-0.4, -0.2) is 38.7 Å². The van der Waals surface area contributed by atoms with Crippen molar-refractivity contribution in [1.82, 2.24) is 5.32 Å². The number of aliphatic carboxylic acids is 1. The summed E-state index contributed by atoms with van der Waals surface area (Å²) in [5, 5.41) is 18.6. The largest absolute Gasteiger partial charge is 0.481 e. The number of carbonyl (C=O) groups is 2. The van der Waals surface area contributed by atoms with Gasteiger partial charge in [-0.05, 0) is 0 Å². The third kappa shape index (κ3) is 6.95. The van der Waals surface area contributed by atoms with Gasteiger partial charge in [-0.15, -0.1) is 0 Å². The Labute approximate surface area is 96.1 Å². The predicted molar refractivity (Wildman–Crippen MR) is 58.0 cm³/mol. The normalized spacial score (nSPS) is 13.5. The standard InChI is InChI=1S/C9H14N2O4S/c1-7(5-9(13)14)16(15)6-8(12)11-4-2-3-10/h7H,2,4-6H2,1H3,(H,11,12)(H,13,14). The lowest BCUT2D eigenvalue weighted by Crippen LogP contribution is -2.32. The van der Waals surface area contributed by atoms with Gasteiger partial charge in [0.1, 0.15) is 5.75 Å². The molecule has 2 N–H and O–H groups in total. The predicted octanol–water partition coefficient (Wildman–Crippen LogP) is -0.372. The summed E-state index contributed by atoms with van der Waals surface area (Å²) in [6.07, 6.45) is -0.0266. The van der Waals surface area contributed by atoms with Crippen molar-refractivity contribution in [3.63, 3.8) is 0 Å². The zero-order valence-corrected chi connectivity index (χ0v) is 9.75. The van der Waals surface area contributed by atoms with E-state index >= 15 is 0 Å². The molecule has 0 aliphatic heterocycles. The molecule has 90 valence electrons. The Morgan fingerprint density at radius 3 is 2.69 bits per heavy atom. The molecule has 0 aromatic carbocycles. The topological polar surface area (TPSA) is 107 Å². The number of amides is 1. The van der Waals surface area contributed by atoms with Crippen LogP contribution in [0.4, 0.5) is 0 Å². The molecule has 0 bridgehead atoms. The lowest BCUT2D eigenvalue weighted by molar-refractivity contribution is -0.137. The summed E-state index contributed by atoms with van der Waals surface area (Å²) >= 11 is 0. The second-order valence-corrected chi connectivity index (χ2v) is 5.05. The summed E-state index contributed by atoms with van der Waals surface area (Å²) in [4.78, 5) is 21.5. The quantitative estimate of drug-likeness (QED) is 0.596. The Bertz CT molecular complexity index is 324. The van der Waals surface area contributed by atoms with Crippen LogP contribution in [0, 0.1) is 11.3 Å². The van der Waals surface area contributed by atoms with Crippen molar-refractivity contribution in [3.8, 4) is 6.07 Å². The molecule has 2 atom stereocenters. The van der Waals surface area contributed by atoms with Crippen LogP contribution >= 0.6 is 0 Å². The van der Waals surface area contributed by atoms with Crippen LogP contribution in [0.2, 0.25) is 0 Å². The van der Waals surface area contributed by atoms with E-state index in [1.54, 1.807) is 0 Å². The Kier molecular flexibility index (Phi) is 7.12. The number of rotatable bonds is 7. The van der Waals surface area contributed by atoms with Gasteiger partial charge in [0.05, 0.1) is 18.9 Å². The van der Waals surface area contributed by atoms with Gasteiger partial charge < -0.3 is 10.4 Å². The van der Waals surface area contributed by atoms with E-state index in [9.17, 15) is 13.8 Å². The maximum absolute atomic E-state index is 11.4. The Morgan fingerprint density at radius 1 is 1.56 bits per heavy atom. The Morgan fingerprint density at radius 2 is 2.19 bits per heavy atom. The van der Waals surface area contributed by atoms with Crippen molar-refractivity contribution in [3.05, 3.63) is 0 Å². The highest BCUT2D eigenvalue weighted by Crippen LogP contribution is 2.01. The molecule has 16 heavy (non-hydrogen) atoms. The zero-order chi connectivity index (χ0) is 12.6. The van der Waals surface area contributed by atoms with Gasteiger partial charge in [-0.3, -0.25) is 13.8 Å². The molecule has 0 rings (SSSR count). The fourth-order valence-electron chi connectivity index (χ4n) is 0.919. The Hall–Kier alpha value is -1.42. The second kappa shape index (κ2) is 7.82. The number of carboxylic acids is 1. The average Bonchev–Trinajstić information content (AvgIpc) is 2.16. The summed E-state index contributed by atoms with van der Waals surface area (Å²) in [7, 11) is -1.50. The van der Waals surface area contributed by atoms with Gasteiger partial charge in [0, 0.05) is 22.6 Å². The van der Waals surface area contributed by atoms with Gasteiger partial charge in [0.2, 0.25) is 5.91 Å². The molecule has 7 heteroatoms. The molecular weight excluding hydrogens is 232 g/mol. The van der Waals surface area contributed by atoms with Crippen molar-refractivity contribution in [2.75, 3.05) is 12.3 Å². The molecule has 0 aliphatic rings. The molecule has 0 fully saturated rings. The molecule has 0 saturated heterocycles. The van der Waals surface area contributed by atoms with Gasteiger partial charge >= 0.3 is 5.97 Å². The highest BCUT2D eigenvalue weighted by molar-refractivity contribution is 7.86. The first kappa shape index (κ1) is 14.6. The van der Waals surface area contributed by atoms with Gasteiger partial charge in [0.25, 0.3) is 0 Å². The average molecular weight is 246 g/mol.